The van der Waals surface area contributed by atoms with Crippen molar-refractivity contribution in [3.8, 4) is 0 Å². The van der Waals surface area contributed by atoms with Crippen molar-refractivity contribution in [3.05, 3.63) is 0 Å². The summed E-state index contributed by atoms with van der Waals surface area (Å²) in [5, 5.41) is 9.81. The number of rotatable bonds is 2. The Hall–Kier alpha value is -0.710. The molecule has 1 heterocycles. The van der Waals surface area contributed by atoms with E-state index in [4.69, 9.17) is 0 Å². The highest BCUT2D eigenvalue weighted by Crippen LogP contribution is 2.37. The normalized spacial score (nSPS) is 32.3. The van der Waals surface area contributed by atoms with Crippen LogP contribution in [0, 0.1) is 11.8 Å². The first-order valence-electron chi connectivity index (χ1n) is 7.27. The molecular weight excluding hydrogens is 252 g/mol. The fourth-order valence-electron chi connectivity index (χ4n) is 3.17. The molecule has 0 radical (unpaired) electrons. The summed E-state index contributed by atoms with van der Waals surface area (Å²) < 4.78 is 26.2. The molecule has 1 aliphatic carbocycles. The maximum Gasteiger partial charge on any atom is 0.248 e. The summed E-state index contributed by atoms with van der Waals surface area (Å²) in [4.78, 5) is 14.1. The number of likely N-dealkylation sites (tertiary alicyclic amines) is 1. The van der Waals surface area contributed by atoms with Gasteiger partial charge < -0.3 is 10.0 Å². The molecule has 1 N–H and O–H groups in total. The number of aliphatic hydroxyl groups is 1. The van der Waals surface area contributed by atoms with Gasteiger partial charge in [0.1, 0.15) is 0 Å². The van der Waals surface area contributed by atoms with E-state index in [0.717, 1.165) is 6.42 Å². The average Bonchev–Trinajstić information content (AvgIpc) is 2.38. The Morgan fingerprint density at radius 2 is 1.95 bits per heavy atom. The standard InChI is InChI=1S/C14H23F2NO2/c1-2-10-9-17(8-5-12(10)18)13(19)11-3-6-14(15,16)7-4-11/h10-12,18H,2-9H2,1H3. The van der Waals surface area contributed by atoms with Gasteiger partial charge in [0.25, 0.3) is 0 Å². The third-order valence-corrected chi connectivity index (χ3v) is 4.60. The van der Waals surface area contributed by atoms with Crippen molar-refractivity contribution in [1.82, 2.24) is 4.90 Å². The zero-order valence-corrected chi connectivity index (χ0v) is 11.4. The van der Waals surface area contributed by atoms with Crippen LogP contribution in [-0.2, 0) is 4.79 Å². The summed E-state index contributed by atoms with van der Waals surface area (Å²) >= 11 is 0. The lowest BCUT2D eigenvalue weighted by molar-refractivity contribution is -0.143. The average molecular weight is 275 g/mol. The quantitative estimate of drug-likeness (QED) is 0.841. The summed E-state index contributed by atoms with van der Waals surface area (Å²) in [6.07, 6.45) is 1.36. The maximum absolute atomic E-state index is 13.1. The molecule has 1 saturated heterocycles. The molecule has 2 unspecified atom stereocenters. The van der Waals surface area contributed by atoms with Crippen LogP contribution in [0.2, 0.25) is 0 Å². The van der Waals surface area contributed by atoms with E-state index >= 15 is 0 Å². The van der Waals surface area contributed by atoms with Crippen LogP contribution in [0.3, 0.4) is 0 Å². The molecule has 0 aromatic heterocycles. The molecule has 1 aliphatic heterocycles. The number of nitrogens with zero attached hydrogens (tertiary/aromatic N) is 1. The number of hydrogen-bond acceptors (Lipinski definition) is 2. The summed E-state index contributed by atoms with van der Waals surface area (Å²) in [6.45, 7) is 3.13. The molecule has 110 valence electrons. The summed E-state index contributed by atoms with van der Waals surface area (Å²) in [6, 6.07) is 0. The molecular formula is C14H23F2NO2. The molecule has 1 saturated carbocycles. The first-order valence-corrected chi connectivity index (χ1v) is 7.27. The first kappa shape index (κ1) is 14.7. The van der Waals surface area contributed by atoms with Crippen LogP contribution in [-0.4, -0.2) is 41.0 Å². The maximum atomic E-state index is 13.1. The lowest BCUT2D eigenvalue weighted by Gasteiger charge is -2.38. The van der Waals surface area contributed by atoms with Gasteiger partial charge in [-0.1, -0.05) is 6.92 Å². The largest absolute Gasteiger partial charge is 0.393 e. The van der Waals surface area contributed by atoms with Crippen molar-refractivity contribution >= 4 is 5.91 Å². The van der Waals surface area contributed by atoms with Gasteiger partial charge in [0.2, 0.25) is 11.8 Å². The van der Waals surface area contributed by atoms with E-state index in [9.17, 15) is 18.7 Å². The Kier molecular flexibility index (Phi) is 4.43. The van der Waals surface area contributed by atoms with Gasteiger partial charge in [0, 0.05) is 37.8 Å². The lowest BCUT2D eigenvalue weighted by Crippen LogP contribution is -2.48. The van der Waals surface area contributed by atoms with E-state index in [-0.39, 0.29) is 36.7 Å². The number of alkyl halides is 2. The molecule has 0 spiro atoms. The molecule has 2 fully saturated rings. The van der Waals surface area contributed by atoms with Crippen LogP contribution in [0.15, 0.2) is 0 Å². The van der Waals surface area contributed by atoms with Crippen molar-refractivity contribution < 1.29 is 18.7 Å². The van der Waals surface area contributed by atoms with Gasteiger partial charge in [0.05, 0.1) is 6.10 Å². The summed E-state index contributed by atoms with van der Waals surface area (Å²) in [5.41, 5.74) is 0. The Morgan fingerprint density at radius 3 is 2.53 bits per heavy atom. The van der Waals surface area contributed by atoms with E-state index in [2.05, 4.69) is 0 Å². The van der Waals surface area contributed by atoms with E-state index in [0.29, 0.717) is 32.4 Å². The monoisotopic (exact) mass is 275 g/mol. The Morgan fingerprint density at radius 1 is 1.32 bits per heavy atom. The molecule has 5 heteroatoms. The predicted molar refractivity (Wildman–Crippen MR) is 67.9 cm³/mol. The molecule has 2 atom stereocenters. The lowest BCUT2D eigenvalue weighted by atomic mass is 9.84. The van der Waals surface area contributed by atoms with E-state index in [1.165, 1.54) is 0 Å². The highest BCUT2D eigenvalue weighted by atomic mass is 19.3. The zero-order valence-electron chi connectivity index (χ0n) is 11.4. The van der Waals surface area contributed by atoms with Crippen LogP contribution in [0.25, 0.3) is 0 Å². The van der Waals surface area contributed by atoms with Crippen molar-refractivity contribution in [1.29, 1.82) is 0 Å². The summed E-state index contributed by atoms with van der Waals surface area (Å²) in [5.74, 6) is -2.68. The molecule has 1 amide bonds. The van der Waals surface area contributed by atoms with Gasteiger partial charge in [-0.3, -0.25) is 4.79 Å². The molecule has 19 heavy (non-hydrogen) atoms. The second kappa shape index (κ2) is 5.73. The smallest absolute Gasteiger partial charge is 0.248 e. The SMILES string of the molecule is CCC1CN(C(=O)C2CCC(F)(F)CC2)CCC1O. The Balaban J connectivity index is 1.90. The molecule has 0 aromatic rings. The number of aliphatic hydroxyl groups excluding tert-OH is 1. The summed E-state index contributed by atoms with van der Waals surface area (Å²) in [7, 11) is 0. The fraction of sp³-hybridized carbons (Fsp3) is 0.929. The van der Waals surface area contributed by atoms with Crippen LogP contribution < -0.4 is 0 Å². The molecule has 0 bridgehead atoms. The van der Waals surface area contributed by atoms with Crippen molar-refractivity contribution in [2.45, 2.75) is 57.5 Å². The van der Waals surface area contributed by atoms with Gasteiger partial charge in [0.15, 0.2) is 0 Å². The van der Waals surface area contributed by atoms with E-state index in [1.54, 1.807) is 4.90 Å². The Bertz CT molecular complexity index is 325. The second-order valence-electron chi connectivity index (χ2n) is 5.94. The molecule has 2 rings (SSSR count). The topological polar surface area (TPSA) is 40.5 Å². The minimum absolute atomic E-state index is 0.0147. The van der Waals surface area contributed by atoms with Crippen LogP contribution in [0.4, 0.5) is 8.78 Å². The predicted octanol–water partition coefficient (Wildman–Crippen LogP) is 2.43. The number of carbonyl (C=O) groups excluding carboxylic acids is 1. The van der Waals surface area contributed by atoms with Crippen LogP contribution >= 0.6 is 0 Å². The third-order valence-electron chi connectivity index (χ3n) is 4.60. The van der Waals surface area contributed by atoms with Gasteiger partial charge in [-0.2, -0.15) is 0 Å². The van der Waals surface area contributed by atoms with Crippen molar-refractivity contribution in [2.24, 2.45) is 11.8 Å². The molecule has 0 aromatic carbocycles. The number of hydrogen-bond donors (Lipinski definition) is 1. The number of halogens is 2. The van der Waals surface area contributed by atoms with Crippen LogP contribution in [0.5, 0.6) is 0 Å². The zero-order chi connectivity index (χ0) is 14.0. The van der Waals surface area contributed by atoms with E-state index < -0.39 is 5.92 Å². The Labute approximate surface area is 113 Å². The molecule has 2 aliphatic rings. The molecule has 3 nitrogen and oxygen atoms in total. The fourth-order valence-corrected chi connectivity index (χ4v) is 3.17. The van der Waals surface area contributed by atoms with E-state index in [1.807, 2.05) is 6.92 Å². The van der Waals surface area contributed by atoms with Crippen LogP contribution in [0.1, 0.15) is 45.4 Å². The van der Waals surface area contributed by atoms with Gasteiger partial charge >= 0.3 is 0 Å². The third kappa shape index (κ3) is 3.44. The minimum atomic E-state index is -2.58. The highest BCUT2D eigenvalue weighted by molar-refractivity contribution is 5.79. The van der Waals surface area contributed by atoms with Crippen molar-refractivity contribution in [3.63, 3.8) is 0 Å². The van der Waals surface area contributed by atoms with Gasteiger partial charge in [-0.15, -0.1) is 0 Å². The first-order chi connectivity index (χ1) is 8.93. The van der Waals surface area contributed by atoms with Gasteiger partial charge in [-0.05, 0) is 25.7 Å². The second-order valence-corrected chi connectivity index (χ2v) is 5.94. The minimum Gasteiger partial charge on any atom is -0.393 e. The number of carbonyl (C=O) groups is 1. The number of piperidine rings is 1. The number of amides is 1. The van der Waals surface area contributed by atoms with Crippen molar-refractivity contribution in [2.75, 3.05) is 13.1 Å². The highest BCUT2D eigenvalue weighted by Gasteiger charge is 2.39. The van der Waals surface area contributed by atoms with Gasteiger partial charge in [-0.25, -0.2) is 8.78 Å².